The molecule has 13 heteroatoms. The number of nitrogens with one attached hydrogen (secondary N) is 1. The van der Waals surface area contributed by atoms with Gasteiger partial charge in [0.2, 0.25) is 11.6 Å². The predicted molar refractivity (Wildman–Crippen MR) is 208 cm³/mol. The molecule has 0 unspecified atom stereocenters. The Labute approximate surface area is 313 Å². The number of likely N-dealkylation sites (tertiary alicyclic amines) is 2. The lowest BCUT2D eigenvalue weighted by atomic mass is 10.1. The van der Waals surface area contributed by atoms with Gasteiger partial charge in [-0.05, 0) is 88.3 Å². The Balaban J connectivity index is 0.000000129. The number of imidazole rings is 2. The third kappa shape index (κ3) is 7.32. The van der Waals surface area contributed by atoms with E-state index in [0.717, 1.165) is 71.0 Å². The summed E-state index contributed by atoms with van der Waals surface area (Å²) in [5, 5.41) is 3.85. The third-order valence-electron chi connectivity index (χ3n) is 10.2. The summed E-state index contributed by atoms with van der Waals surface area (Å²) in [6.45, 7) is 8.78. The topological polar surface area (TPSA) is 140 Å². The fraction of sp³-hybridized carbons (Fsp3) is 0.350. The minimum atomic E-state index is 0.00724. The monoisotopic (exact) mass is 730 g/mol. The molecule has 0 atom stereocenters. The number of aromatic nitrogens is 6. The van der Waals surface area contributed by atoms with Crippen LogP contribution in [0.3, 0.4) is 0 Å². The first-order valence-corrected chi connectivity index (χ1v) is 18.9. The lowest BCUT2D eigenvalue weighted by Crippen LogP contribution is -2.26. The van der Waals surface area contributed by atoms with Crippen LogP contribution in [0.5, 0.6) is 0 Å². The molecule has 6 aromatic rings. The van der Waals surface area contributed by atoms with Crippen LogP contribution >= 0.6 is 11.6 Å². The van der Waals surface area contributed by atoms with Gasteiger partial charge in [0.05, 0.1) is 22.1 Å². The number of ketones is 2. The number of halogens is 1. The highest BCUT2D eigenvalue weighted by Gasteiger charge is 2.29. The van der Waals surface area contributed by atoms with Gasteiger partial charge in [0.25, 0.3) is 0 Å². The molecule has 2 fully saturated rings. The number of pyridine rings is 2. The molecule has 0 amide bonds. The quantitative estimate of drug-likeness (QED) is 0.211. The minimum Gasteiger partial charge on any atom is -0.369 e. The molecule has 3 N–H and O–H groups in total. The Kier molecular flexibility index (Phi) is 10.3. The van der Waals surface area contributed by atoms with Crippen molar-refractivity contribution < 1.29 is 9.59 Å². The highest BCUT2D eigenvalue weighted by Crippen LogP contribution is 2.30. The molecule has 0 saturated carbocycles. The molecule has 0 spiro atoms. The summed E-state index contributed by atoms with van der Waals surface area (Å²) in [5.41, 5.74) is 10.6. The molecule has 4 aromatic heterocycles. The highest BCUT2D eigenvalue weighted by molar-refractivity contribution is 6.29. The van der Waals surface area contributed by atoms with E-state index >= 15 is 0 Å². The number of para-hydroxylation sites is 4. The number of nitrogens with zero attached hydrogens (tertiary/aromatic N) is 8. The SMILES string of the molecule is NCCN1CCCC1.O=C1Cc2ccc(Cl)nc2-n2c1nc1ccccc12.O=C1Cc2ccc(NCCN3CCCC3)nc2-n2c1nc1ccccc12. The number of rotatable bonds is 6. The van der Waals surface area contributed by atoms with E-state index in [4.69, 9.17) is 22.3 Å². The molecule has 0 bridgehead atoms. The number of carbonyl (C=O) groups is 2. The largest absolute Gasteiger partial charge is 0.369 e. The summed E-state index contributed by atoms with van der Waals surface area (Å²) in [5.74, 6) is 3.35. The van der Waals surface area contributed by atoms with Crippen LogP contribution in [-0.4, -0.2) is 103 Å². The van der Waals surface area contributed by atoms with Crippen LogP contribution in [0.2, 0.25) is 5.15 Å². The van der Waals surface area contributed by atoms with Gasteiger partial charge in [0, 0.05) is 50.1 Å². The van der Waals surface area contributed by atoms with Crippen molar-refractivity contribution in [2.45, 2.75) is 38.5 Å². The van der Waals surface area contributed by atoms with Crippen molar-refractivity contribution in [1.82, 2.24) is 38.9 Å². The smallest absolute Gasteiger partial charge is 0.203 e. The first-order chi connectivity index (χ1) is 26.0. The molecule has 12 nitrogen and oxygen atoms in total. The molecule has 0 aliphatic carbocycles. The van der Waals surface area contributed by atoms with Gasteiger partial charge in [-0.2, -0.15) is 0 Å². The van der Waals surface area contributed by atoms with Crippen LogP contribution in [0.25, 0.3) is 33.7 Å². The van der Waals surface area contributed by atoms with Crippen molar-refractivity contribution in [2.24, 2.45) is 5.73 Å². The van der Waals surface area contributed by atoms with Gasteiger partial charge in [-0.3, -0.25) is 18.7 Å². The van der Waals surface area contributed by atoms with Crippen molar-refractivity contribution in [2.75, 3.05) is 57.7 Å². The van der Waals surface area contributed by atoms with E-state index in [0.29, 0.717) is 35.5 Å². The fourth-order valence-corrected chi connectivity index (χ4v) is 7.73. The number of fused-ring (bicyclic) bond motifs is 10. The second-order valence-corrected chi connectivity index (χ2v) is 14.2. The number of hydrogen-bond donors (Lipinski definition) is 2. The second-order valence-electron chi connectivity index (χ2n) is 13.8. The standard InChI is InChI=1S/C20H21N5O.C14H8ClN3O.C6H14N2/c26-17-13-14-7-8-18(21-9-12-24-10-3-4-11-24)23-19(14)25-16-6-2-1-5-15(16)22-20(17)25;15-12-6-5-8-7-11(19)14-16-9-3-1-2-4-10(9)18(14)13(8)17-12;7-3-6-8-4-1-2-5-8/h1-2,5-8H,3-4,9-13H2,(H,21,23);1-6H,7H2;1-7H2. The van der Waals surface area contributed by atoms with E-state index in [9.17, 15) is 9.59 Å². The molecule has 53 heavy (non-hydrogen) atoms. The Morgan fingerprint density at radius 2 is 1.13 bits per heavy atom. The van der Waals surface area contributed by atoms with Crippen molar-refractivity contribution in [3.8, 4) is 11.6 Å². The summed E-state index contributed by atoms with van der Waals surface area (Å²) in [4.78, 5) is 47.6. The van der Waals surface area contributed by atoms with Crippen LogP contribution < -0.4 is 11.1 Å². The number of nitrogens with two attached hydrogens (primary N) is 1. The van der Waals surface area contributed by atoms with Crippen LogP contribution in [0.4, 0.5) is 5.82 Å². The zero-order chi connectivity index (χ0) is 36.3. The second kappa shape index (κ2) is 15.5. The van der Waals surface area contributed by atoms with E-state index in [2.05, 4.69) is 30.1 Å². The maximum atomic E-state index is 12.5. The van der Waals surface area contributed by atoms with E-state index in [1.165, 1.54) is 51.9 Å². The molecule has 4 aliphatic heterocycles. The summed E-state index contributed by atoms with van der Waals surface area (Å²) in [7, 11) is 0. The molecule has 4 aliphatic rings. The van der Waals surface area contributed by atoms with Crippen molar-refractivity contribution >= 4 is 51.1 Å². The molecule has 2 aromatic carbocycles. The van der Waals surface area contributed by atoms with Gasteiger partial charge in [-0.15, -0.1) is 0 Å². The lowest BCUT2D eigenvalue weighted by molar-refractivity contribution is 0.0969. The van der Waals surface area contributed by atoms with Gasteiger partial charge in [-0.25, -0.2) is 19.9 Å². The molecule has 10 rings (SSSR count). The predicted octanol–water partition coefficient (Wildman–Crippen LogP) is 5.52. The maximum absolute atomic E-state index is 12.5. The van der Waals surface area contributed by atoms with Crippen molar-refractivity contribution in [1.29, 1.82) is 0 Å². The third-order valence-corrected chi connectivity index (χ3v) is 10.4. The normalized spacial score (nSPS) is 16.3. The Morgan fingerprint density at radius 1 is 0.623 bits per heavy atom. The molecule has 2 saturated heterocycles. The molecule has 272 valence electrons. The van der Waals surface area contributed by atoms with Gasteiger partial charge >= 0.3 is 0 Å². The minimum absolute atomic E-state index is 0.00724. The summed E-state index contributed by atoms with van der Waals surface area (Å²) in [6, 6.07) is 23.0. The molecule has 0 radical (unpaired) electrons. The average Bonchev–Trinajstić information content (AvgIpc) is 4.00. The Hall–Kier alpha value is -5.01. The molecular weight excluding hydrogens is 688 g/mol. The maximum Gasteiger partial charge on any atom is 0.203 e. The number of anilines is 1. The van der Waals surface area contributed by atoms with Gasteiger partial charge in [-0.1, -0.05) is 48.0 Å². The molecular formula is C40H43ClN10O2. The van der Waals surface area contributed by atoms with Crippen LogP contribution in [0.15, 0.2) is 72.8 Å². The van der Waals surface area contributed by atoms with Crippen molar-refractivity contribution in [3.05, 3.63) is 101 Å². The summed E-state index contributed by atoms with van der Waals surface area (Å²) in [6.07, 6.45) is 6.05. The number of benzene rings is 2. The lowest BCUT2D eigenvalue weighted by Gasteiger charge is -2.19. The number of hydrogen-bond acceptors (Lipinski definition) is 10. The van der Waals surface area contributed by atoms with E-state index in [1.807, 2.05) is 71.3 Å². The Bertz CT molecular complexity index is 2290. The zero-order valence-corrected chi connectivity index (χ0v) is 30.4. The first-order valence-electron chi connectivity index (χ1n) is 18.5. The van der Waals surface area contributed by atoms with E-state index < -0.39 is 0 Å². The zero-order valence-electron chi connectivity index (χ0n) is 29.7. The summed E-state index contributed by atoms with van der Waals surface area (Å²) < 4.78 is 3.70. The number of Topliss-reactive ketones (excluding diaryl/α,β-unsaturated/α-hetero) is 2. The van der Waals surface area contributed by atoms with E-state index in [1.54, 1.807) is 10.6 Å². The summed E-state index contributed by atoms with van der Waals surface area (Å²) >= 11 is 5.97. The van der Waals surface area contributed by atoms with Crippen LogP contribution in [0, 0.1) is 0 Å². The fourth-order valence-electron chi connectivity index (χ4n) is 7.59. The van der Waals surface area contributed by atoms with Crippen LogP contribution in [-0.2, 0) is 12.8 Å². The van der Waals surface area contributed by atoms with E-state index in [-0.39, 0.29) is 11.6 Å². The molecule has 8 heterocycles. The van der Waals surface area contributed by atoms with Crippen molar-refractivity contribution in [3.63, 3.8) is 0 Å². The highest BCUT2D eigenvalue weighted by atomic mass is 35.5. The van der Waals surface area contributed by atoms with Gasteiger partial charge < -0.3 is 20.9 Å². The van der Waals surface area contributed by atoms with Gasteiger partial charge in [0.1, 0.15) is 22.6 Å². The Morgan fingerprint density at radius 3 is 1.70 bits per heavy atom. The van der Waals surface area contributed by atoms with Gasteiger partial charge in [0.15, 0.2) is 11.6 Å². The van der Waals surface area contributed by atoms with Crippen LogP contribution in [0.1, 0.15) is 58.0 Å². The average molecular weight is 731 g/mol. The first kappa shape index (κ1) is 35.0. The number of carbonyl (C=O) groups excluding carboxylic acids is 2.